The van der Waals surface area contributed by atoms with E-state index in [0.29, 0.717) is 28.6 Å². The lowest BCUT2D eigenvalue weighted by Crippen LogP contribution is -2.41. The van der Waals surface area contributed by atoms with Crippen molar-refractivity contribution in [3.05, 3.63) is 71.4 Å². The predicted octanol–water partition coefficient (Wildman–Crippen LogP) is 5.97. The van der Waals surface area contributed by atoms with E-state index in [1.54, 1.807) is 30.3 Å². The van der Waals surface area contributed by atoms with Crippen molar-refractivity contribution in [2.24, 2.45) is 0 Å². The van der Waals surface area contributed by atoms with E-state index in [2.05, 4.69) is 15.6 Å². The predicted molar refractivity (Wildman–Crippen MR) is 120 cm³/mol. The van der Waals surface area contributed by atoms with E-state index < -0.39 is 11.9 Å². The number of anilines is 1. The summed E-state index contributed by atoms with van der Waals surface area (Å²) in [5.74, 6) is -0.111. The van der Waals surface area contributed by atoms with Crippen molar-refractivity contribution < 1.29 is 18.0 Å². The van der Waals surface area contributed by atoms with Gasteiger partial charge in [-0.2, -0.15) is 13.2 Å². The van der Waals surface area contributed by atoms with Crippen LogP contribution in [0.4, 0.5) is 18.9 Å². The van der Waals surface area contributed by atoms with Crippen LogP contribution in [0.2, 0.25) is 0 Å². The number of benzene rings is 2. The molecular formula is C25H26F3N3O. The van der Waals surface area contributed by atoms with Gasteiger partial charge in [0.05, 0.1) is 5.52 Å². The van der Waals surface area contributed by atoms with Crippen LogP contribution >= 0.6 is 0 Å². The largest absolute Gasteiger partial charge is 0.433 e. The maximum absolute atomic E-state index is 13.4. The van der Waals surface area contributed by atoms with E-state index in [1.807, 2.05) is 25.1 Å². The number of rotatable bonds is 5. The molecule has 1 amide bonds. The number of nitrogens with zero attached hydrogens (tertiary/aromatic N) is 1. The Labute approximate surface area is 185 Å². The molecule has 0 aliphatic heterocycles. The van der Waals surface area contributed by atoms with Gasteiger partial charge >= 0.3 is 6.18 Å². The third-order valence-corrected chi connectivity index (χ3v) is 5.97. The molecule has 32 heavy (non-hydrogen) atoms. The average molecular weight is 441 g/mol. The number of halogens is 3. The highest BCUT2D eigenvalue weighted by Gasteiger charge is 2.34. The van der Waals surface area contributed by atoms with Gasteiger partial charge in [0.2, 0.25) is 0 Å². The zero-order chi connectivity index (χ0) is 22.7. The SMILES string of the molecule is CCc1cccc(C(=O)NC2CCC[C@H](Nc3cc(C(F)(F)F)nc4ccccc34)C2)c1. The van der Waals surface area contributed by atoms with Gasteiger partial charge in [-0.3, -0.25) is 4.79 Å². The van der Waals surface area contributed by atoms with Crippen molar-refractivity contribution in [1.82, 2.24) is 10.3 Å². The first kappa shape index (κ1) is 22.1. The molecule has 1 aromatic heterocycles. The number of fused-ring (bicyclic) bond motifs is 1. The summed E-state index contributed by atoms with van der Waals surface area (Å²) in [5, 5.41) is 7.07. The molecule has 2 atom stereocenters. The van der Waals surface area contributed by atoms with Gasteiger partial charge in [-0.15, -0.1) is 0 Å². The monoisotopic (exact) mass is 441 g/mol. The fourth-order valence-electron chi connectivity index (χ4n) is 4.31. The second-order valence-electron chi connectivity index (χ2n) is 8.30. The minimum Gasteiger partial charge on any atom is -0.382 e. The number of carbonyl (C=O) groups is 1. The molecule has 0 spiro atoms. The molecule has 1 aliphatic rings. The topological polar surface area (TPSA) is 54.0 Å². The van der Waals surface area contributed by atoms with Crippen LogP contribution in [-0.4, -0.2) is 23.0 Å². The molecule has 1 fully saturated rings. The lowest BCUT2D eigenvalue weighted by molar-refractivity contribution is -0.140. The molecule has 0 saturated heterocycles. The van der Waals surface area contributed by atoms with Gasteiger partial charge in [0.1, 0.15) is 5.69 Å². The first-order valence-electron chi connectivity index (χ1n) is 11.0. The molecule has 1 saturated carbocycles. The number of para-hydroxylation sites is 1. The number of hydrogen-bond acceptors (Lipinski definition) is 3. The molecule has 1 heterocycles. The normalized spacial score (nSPS) is 19.0. The first-order valence-corrected chi connectivity index (χ1v) is 11.0. The van der Waals surface area contributed by atoms with E-state index >= 15 is 0 Å². The van der Waals surface area contributed by atoms with Crippen LogP contribution in [0.15, 0.2) is 54.6 Å². The molecule has 1 aliphatic carbocycles. The fourth-order valence-corrected chi connectivity index (χ4v) is 4.31. The summed E-state index contributed by atoms with van der Waals surface area (Å²) in [6.07, 6.45) is -0.450. The molecule has 168 valence electrons. The highest BCUT2D eigenvalue weighted by Crippen LogP contribution is 2.34. The van der Waals surface area contributed by atoms with Crippen LogP contribution in [-0.2, 0) is 12.6 Å². The van der Waals surface area contributed by atoms with Crippen LogP contribution in [0.25, 0.3) is 10.9 Å². The van der Waals surface area contributed by atoms with Gasteiger partial charge < -0.3 is 10.6 Å². The Bertz CT molecular complexity index is 1110. The Morgan fingerprint density at radius 3 is 2.62 bits per heavy atom. The van der Waals surface area contributed by atoms with Crippen molar-refractivity contribution in [1.29, 1.82) is 0 Å². The van der Waals surface area contributed by atoms with Gasteiger partial charge in [-0.1, -0.05) is 37.3 Å². The van der Waals surface area contributed by atoms with Crippen molar-refractivity contribution in [2.45, 2.75) is 57.3 Å². The molecule has 7 heteroatoms. The van der Waals surface area contributed by atoms with Crippen molar-refractivity contribution in [3.63, 3.8) is 0 Å². The Hall–Kier alpha value is -3.09. The molecular weight excluding hydrogens is 415 g/mol. The van der Waals surface area contributed by atoms with Gasteiger partial charge in [-0.05, 0) is 61.9 Å². The number of pyridine rings is 1. The molecule has 4 rings (SSSR count). The summed E-state index contributed by atoms with van der Waals surface area (Å²) in [4.78, 5) is 16.5. The van der Waals surface area contributed by atoms with Gasteiger partial charge in [0.15, 0.2) is 0 Å². The van der Waals surface area contributed by atoms with Crippen LogP contribution in [0.5, 0.6) is 0 Å². The number of hydrogen-bond donors (Lipinski definition) is 2. The molecule has 2 N–H and O–H groups in total. The number of nitrogens with one attached hydrogen (secondary N) is 2. The number of aryl methyl sites for hydroxylation is 1. The summed E-state index contributed by atoms with van der Waals surface area (Å²) < 4.78 is 40.1. The Kier molecular flexibility index (Phi) is 6.35. The minimum atomic E-state index is -4.52. The molecule has 0 radical (unpaired) electrons. The lowest BCUT2D eigenvalue weighted by atomic mass is 9.90. The van der Waals surface area contributed by atoms with E-state index in [1.165, 1.54) is 0 Å². The molecule has 2 aromatic carbocycles. The second kappa shape index (κ2) is 9.18. The Morgan fingerprint density at radius 2 is 1.84 bits per heavy atom. The van der Waals surface area contributed by atoms with E-state index in [-0.39, 0.29) is 18.0 Å². The lowest BCUT2D eigenvalue weighted by Gasteiger charge is -2.31. The first-order chi connectivity index (χ1) is 15.3. The van der Waals surface area contributed by atoms with E-state index in [9.17, 15) is 18.0 Å². The molecule has 3 aromatic rings. The summed E-state index contributed by atoms with van der Waals surface area (Å²) >= 11 is 0. The number of carbonyl (C=O) groups excluding carboxylic acids is 1. The van der Waals surface area contributed by atoms with Crippen molar-refractivity contribution in [2.75, 3.05) is 5.32 Å². The quantitative estimate of drug-likeness (QED) is 0.513. The smallest absolute Gasteiger partial charge is 0.382 e. The molecule has 1 unspecified atom stereocenters. The molecule has 4 nitrogen and oxygen atoms in total. The minimum absolute atomic E-state index is 0.0331. The van der Waals surface area contributed by atoms with Crippen LogP contribution < -0.4 is 10.6 Å². The second-order valence-corrected chi connectivity index (χ2v) is 8.30. The summed E-state index contributed by atoms with van der Waals surface area (Å²) in [7, 11) is 0. The number of aromatic nitrogens is 1. The third-order valence-electron chi connectivity index (χ3n) is 5.97. The number of alkyl halides is 3. The summed E-state index contributed by atoms with van der Waals surface area (Å²) in [6.45, 7) is 2.04. The Balaban J connectivity index is 1.49. The average Bonchev–Trinajstić information content (AvgIpc) is 2.78. The van der Waals surface area contributed by atoms with E-state index in [4.69, 9.17) is 0 Å². The summed E-state index contributed by atoms with van der Waals surface area (Å²) in [6, 6.07) is 15.4. The zero-order valence-electron chi connectivity index (χ0n) is 17.9. The fraction of sp³-hybridized carbons (Fsp3) is 0.360. The van der Waals surface area contributed by atoms with Gasteiger partial charge in [0, 0.05) is 28.7 Å². The van der Waals surface area contributed by atoms with Gasteiger partial charge in [0.25, 0.3) is 5.91 Å². The van der Waals surface area contributed by atoms with Crippen LogP contribution in [0.1, 0.15) is 54.2 Å². The van der Waals surface area contributed by atoms with Crippen molar-refractivity contribution >= 4 is 22.5 Å². The standard InChI is InChI=1S/C25H26F3N3O/c1-2-16-7-5-8-17(13-16)24(32)30-19-10-6-9-18(14-19)29-22-15-23(25(26,27)28)31-21-12-4-3-11-20(21)22/h3-5,7-8,11-13,15,18-19H,2,6,9-10,14H2,1H3,(H,29,31)(H,30,32)/t18-,19?/m0/s1. The zero-order valence-corrected chi connectivity index (χ0v) is 17.9. The highest BCUT2D eigenvalue weighted by molar-refractivity contribution is 5.94. The maximum Gasteiger partial charge on any atom is 0.433 e. The highest BCUT2D eigenvalue weighted by atomic mass is 19.4. The Morgan fingerprint density at radius 1 is 1.06 bits per heavy atom. The number of amides is 1. The van der Waals surface area contributed by atoms with Crippen LogP contribution in [0, 0.1) is 0 Å². The van der Waals surface area contributed by atoms with E-state index in [0.717, 1.165) is 37.3 Å². The maximum atomic E-state index is 13.4. The molecule has 0 bridgehead atoms. The van der Waals surface area contributed by atoms with Gasteiger partial charge in [-0.25, -0.2) is 4.98 Å². The van der Waals surface area contributed by atoms with Crippen molar-refractivity contribution in [3.8, 4) is 0 Å². The van der Waals surface area contributed by atoms with Crippen LogP contribution in [0.3, 0.4) is 0 Å². The summed E-state index contributed by atoms with van der Waals surface area (Å²) in [5.41, 5.74) is 1.56. The third kappa shape index (κ3) is 5.03.